The summed E-state index contributed by atoms with van der Waals surface area (Å²) in [6.45, 7) is 7.91. The zero-order chi connectivity index (χ0) is 24.0. The summed E-state index contributed by atoms with van der Waals surface area (Å²) >= 11 is 0. The zero-order valence-electron chi connectivity index (χ0n) is 20.7. The van der Waals surface area contributed by atoms with Crippen LogP contribution in [-0.2, 0) is 52.1 Å². The molecule has 4 saturated heterocycles. The highest BCUT2D eigenvalue weighted by molar-refractivity contribution is 5.00. The molecule has 192 valence electrons. The molecule has 0 aromatic carbocycles. The first-order chi connectivity index (χ1) is 15.6. The van der Waals surface area contributed by atoms with E-state index < -0.39 is 60.8 Å². The van der Waals surface area contributed by atoms with E-state index in [2.05, 4.69) is 0 Å². The lowest BCUT2D eigenvalue weighted by molar-refractivity contribution is -0.324. The number of hydrogen-bond acceptors (Lipinski definition) is 11. The second-order valence-electron chi connectivity index (χ2n) is 9.64. The summed E-state index contributed by atoms with van der Waals surface area (Å²) in [6, 6.07) is 0. The Morgan fingerprint density at radius 3 is 1.85 bits per heavy atom. The Hall–Kier alpha value is -0.440. The van der Waals surface area contributed by atoms with Crippen molar-refractivity contribution in [3.05, 3.63) is 0 Å². The molecule has 0 aliphatic carbocycles. The van der Waals surface area contributed by atoms with Crippen LogP contribution in [0.4, 0.5) is 0 Å². The van der Waals surface area contributed by atoms with E-state index in [-0.39, 0.29) is 18.8 Å². The van der Waals surface area contributed by atoms with Gasteiger partial charge in [-0.1, -0.05) is 0 Å². The molecule has 0 aromatic rings. The molecule has 0 bridgehead atoms. The summed E-state index contributed by atoms with van der Waals surface area (Å²) in [4.78, 5) is 0. The number of ether oxygens (including phenoxy) is 11. The van der Waals surface area contributed by atoms with Gasteiger partial charge in [-0.2, -0.15) is 0 Å². The second kappa shape index (κ2) is 9.90. The summed E-state index contributed by atoms with van der Waals surface area (Å²) in [7, 11) is 6.40. The topological polar surface area (TPSA) is 102 Å². The van der Waals surface area contributed by atoms with Crippen LogP contribution in [0.1, 0.15) is 27.7 Å². The molecule has 11 nitrogen and oxygen atoms in total. The standard InChI is InChI=1S/C22H38O11/c1-21(2)30-14-12(29-20-18(16(14)31-21)32-22(3,4)33-20)10-27-19-17(26-8)15(25-7)13(24-6)11(28-19)9-23-5/h11-20H,9-10H2,1-8H3/t11-,12-,13+,14+,15+,16+,17-,18-,19+,20-/m1/s1. The Labute approximate surface area is 195 Å². The molecular formula is C22H38O11. The minimum absolute atomic E-state index is 0.159. The summed E-state index contributed by atoms with van der Waals surface area (Å²) < 4.78 is 65.3. The van der Waals surface area contributed by atoms with E-state index in [1.54, 1.807) is 28.4 Å². The molecule has 4 heterocycles. The van der Waals surface area contributed by atoms with Crippen LogP contribution in [0.3, 0.4) is 0 Å². The number of fused-ring (bicyclic) bond motifs is 3. The molecule has 0 amide bonds. The second-order valence-corrected chi connectivity index (χ2v) is 9.64. The Morgan fingerprint density at radius 1 is 0.606 bits per heavy atom. The first-order valence-electron chi connectivity index (χ1n) is 11.3. The fraction of sp³-hybridized carbons (Fsp3) is 1.00. The fourth-order valence-corrected chi connectivity index (χ4v) is 5.13. The molecule has 0 spiro atoms. The van der Waals surface area contributed by atoms with Crippen LogP contribution in [0.5, 0.6) is 0 Å². The van der Waals surface area contributed by atoms with Gasteiger partial charge in [-0.15, -0.1) is 0 Å². The molecule has 0 N–H and O–H groups in total. The SMILES string of the molecule is COC[C@H]1O[C@H](OC[C@H]2O[C@@H]3OC(C)(C)O[C@@H]3[C@H]3OC(C)(C)O[C@H]32)[C@H](OC)[C@@H](OC)[C@H]1OC. The lowest BCUT2D eigenvalue weighted by Gasteiger charge is -2.45. The van der Waals surface area contributed by atoms with E-state index in [1.165, 1.54) is 0 Å². The average Bonchev–Trinajstić information content (AvgIpc) is 3.25. The lowest BCUT2D eigenvalue weighted by atomic mass is 9.98. The lowest BCUT2D eigenvalue weighted by Crippen LogP contribution is -2.62. The van der Waals surface area contributed by atoms with E-state index in [4.69, 9.17) is 52.1 Å². The van der Waals surface area contributed by atoms with Gasteiger partial charge in [0.15, 0.2) is 24.2 Å². The maximum Gasteiger partial charge on any atom is 0.190 e. The van der Waals surface area contributed by atoms with Gasteiger partial charge >= 0.3 is 0 Å². The van der Waals surface area contributed by atoms with Crippen molar-refractivity contribution >= 4 is 0 Å². The summed E-state index contributed by atoms with van der Waals surface area (Å²) in [5.74, 6) is -1.57. The molecule has 4 aliphatic rings. The molecule has 0 unspecified atom stereocenters. The van der Waals surface area contributed by atoms with Gasteiger partial charge in [0.25, 0.3) is 0 Å². The van der Waals surface area contributed by atoms with Crippen LogP contribution in [0, 0.1) is 0 Å². The van der Waals surface area contributed by atoms with E-state index >= 15 is 0 Å². The first-order valence-corrected chi connectivity index (χ1v) is 11.3. The smallest absolute Gasteiger partial charge is 0.190 e. The molecular weight excluding hydrogens is 440 g/mol. The molecule has 10 atom stereocenters. The number of hydrogen-bond donors (Lipinski definition) is 0. The Kier molecular flexibility index (Phi) is 7.70. The van der Waals surface area contributed by atoms with Crippen molar-refractivity contribution in [3.63, 3.8) is 0 Å². The van der Waals surface area contributed by atoms with E-state index in [9.17, 15) is 0 Å². The minimum atomic E-state index is -0.784. The van der Waals surface area contributed by atoms with Gasteiger partial charge in [0.05, 0.1) is 13.2 Å². The summed E-state index contributed by atoms with van der Waals surface area (Å²) in [5.41, 5.74) is 0. The van der Waals surface area contributed by atoms with Gasteiger partial charge in [0, 0.05) is 28.4 Å². The van der Waals surface area contributed by atoms with Crippen LogP contribution >= 0.6 is 0 Å². The molecule has 4 fully saturated rings. The average molecular weight is 479 g/mol. The predicted molar refractivity (Wildman–Crippen MR) is 111 cm³/mol. The van der Waals surface area contributed by atoms with Crippen LogP contribution in [0.15, 0.2) is 0 Å². The van der Waals surface area contributed by atoms with Crippen LogP contribution in [-0.4, -0.2) is 115 Å². The van der Waals surface area contributed by atoms with E-state index in [1.807, 2.05) is 27.7 Å². The van der Waals surface area contributed by atoms with Gasteiger partial charge in [-0.25, -0.2) is 0 Å². The van der Waals surface area contributed by atoms with Crippen LogP contribution in [0.2, 0.25) is 0 Å². The van der Waals surface area contributed by atoms with Gasteiger partial charge < -0.3 is 52.1 Å². The van der Waals surface area contributed by atoms with Crippen molar-refractivity contribution in [3.8, 4) is 0 Å². The largest absolute Gasteiger partial charge is 0.382 e. The van der Waals surface area contributed by atoms with Gasteiger partial charge in [-0.05, 0) is 27.7 Å². The van der Waals surface area contributed by atoms with Crippen molar-refractivity contribution < 1.29 is 52.1 Å². The first kappa shape index (κ1) is 25.6. The highest BCUT2D eigenvalue weighted by Gasteiger charge is 2.61. The van der Waals surface area contributed by atoms with Gasteiger partial charge in [-0.3, -0.25) is 0 Å². The number of methoxy groups -OCH3 is 4. The highest BCUT2D eigenvalue weighted by Crippen LogP contribution is 2.44. The molecule has 0 saturated carbocycles. The Balaban J connectivity index is 1.48. The van der Waals surface area contributed by atoms with Crippen molar-refractivity contribution in [2.24, 2.45) is 0 Å². The fourth-order valence-electron chi connectivity index (χ4n) is 5.13. The molecule has 4 aliphatic heterocycles. The van der Waals surface area contributed by atoms with Crippen molar-refractivity contribution in [1.29, 1.82) is 0 Å². The van der Waals surface area contributed by atoms with Crippen molar-refractivity contribution in [2.45, 2.75) is 101 Å². The molecule has 0 aromatic heterocycles. The normalized spacial score (nSPS) is 46.2. The molecule has 0 radical (unpaired) electrons. The summed E-state index contributed by atoms with van der Waals surface area (Å²) in [6.07, 6.45) is -4.68. The third-order valence-electron chi connectivity index (χ3n) is 6.41. The highest BCUT2D eigenvalue weighted by atomic mass is 16.9. The van der Waals surface area contributed by atoms with Crippen LogP contribution < -0.4 is 0 Å². The van der Waals surface area contributed by atoms with Crippen molar-refractivity contribution in [2.75, 3.05) is 41.7 Å². The predicted octanol–water partition coefficient (Wildman–Crippen LogP) is 0.816. The molecule has 11 heteroatoms. The Bertz CT molecular complexity index is 658. The third-order valence-corrected chi connectivity index (χ3v) is 6.41. The van der Waals surface area contributed by atoms with Gasteiger partial charge in [0.2, 0.25) is 0 Å². The summed E-state index contributed by atoms with van der Waals surface area (Å²) in [5, 5.41) is 0. The maximum atomic E-state index is 6.23. The van der Waals surface area contributed by atoms with Crippen LogP contribution in [0.25, 0.3) is 0 Å². The Morgan fingerprint density at radius 2 is 1.21 bits per heavy atom. The van der Waals surface area contributed by atoms with Crippen molar-refractivity contribution in [1.82, 2.24) is 0 Å². The molecule has 4 rings (SSSR count). The zero-order valence-corrected chi connectivity index (χ0v) is 20.7. The molecule has 33 heavy (non-hydrogen) atoms. The maximum absolute atomic E-state index is 6.23. The van der Waals surface area contributed by atoms with E-state index in [0.29, 0.717) is 6.61 Å². The minimum Gasteiger partial charge on any atom is -0.382 e. The van der Waals surface area contributed by atoms with Gasteiger partial charge in [0.1, 0.15) is 48.8 Å². The monoisotopic (exact) mass is 478 g/mol. The third kappa shape index (κ3) is 5.10. The number of rotatable bonds is 8. The quantitative estimate of drug-likeness (QED) is 0.495. The van der Waals surface area contributed by atoms with E-state index in [0.717, 1.165) is 0 Å².